The molecule has 4 rings (SSSR count). The third-order valence-corrected chi connectivity index (χ3v) is 5.33. The van der Waals surface area contributed by atoms with E-state index in [2.05, 4.69) is 10.2 Å². The van der Waals surface area contributed by atoms with E-state index in [1.165, 1.54) is 17.7 Å². The molecule has 0 spiro atoms. The fourth-order valence-electron chi connectivity index (χ4n) is 2.94. The molecular weight excluding hydrogens is 380 g/mol. The average Bonchev–Trinajstić information content (AvgIpc) is 3.46. The van der Waals surface area contributed by atoms with Gasteiger partial charge in [0.15, 0.2) is 6.61 Å². The van der Waals surface area contributed by atoms with Gasteiger partial charge in [0.1, 0.15) is 5.75 Å². The Morgan fingerprint density at radius 2 is 1.82 bits per heavy atom. The lowest BCUT2D eigenvalue weighted by Crippen LogP contribution is -2.51. The molecular formula is C19H18N4O4S. The van der Waals surface area contributed by atoms with E-state index in [0.717, 1.165) is 10.4 Å². The number of nitrogens with zero attached hydrogens (tertiary/aromatic N) is 4. The van der Waals surface area contributed by atoms with Crippen LogP contribution in [-0.2, 0) is 4.79 Å². The molecule has 1 fully saturated rings. The predicted molar refractivity (Wildman–Crippen MR) is 102 cm³/mol. The second kappa shape index (κ2) is 8.22. The van der Waals surface area contributed by atoms with Crippen LogP contribution >= 0.6 is 11.3 Å². The van der Waals surface area contributed by atoms with Gasteiger partial charge in [0.2, 0.25) is 12.3 Å². The first-order valence-electron chi connectivity index (χ1n) is 8.80. The van der Waals surface area contributed by atoms with Gasteiger partial charge in [-0.2, -0.15) is 0 Å². The lowest BCUT2D eigenvalue weighted by Gasteiger charge is -2.34. The molecule has 3 heterocycles. The normalized spacial score (nSPS) is 14.1. The molecule has 2 aromatic heterocycles. The summed E-state index contributed by atoms with van der Waals surface area (Å²) in [6.45, 7) is 2.03. The summed E-state index contributed by atoms with van der Waals surface area (Å²) in [6.07, 6.45) is 1.27. The van der Waals surface area contributed by atoms with Crippen molar-refractivity contribution in [3.8, 4) is 17.2 Å². The van der Waals surface area contributed by atoms with Crippen molar-refractivity contribution in [3.05, 3.63) is 53.0 Å². The Balaban J connectivity index is 1.25. The Hall–Kier alpha value is -3.20. The molecule has 0 saturated carbocycles. The van der Waals surface area contributed by atoms with Crippen molar-refractivity contribution in [2.24, 2.45) is 0 Å². The number of ether oxygens (including phenoxy) is 1. The van der Waals surface area contributed by atoms with Gasteiger partial charge < -0.3 is 19.0 Å². The van der Waals surface area contributed by atoms with Crippen LogP contribution in [0.4, 0.5) is 0 Å². The van der Waals surface area contributed by atoms with Gasteiger partial charge in [-0.15, -0.1) is 21.5 Å². The first-order valence-corrected chi connectivity index (χ1v) is 9.68. The maximum atomic E-state index is 12.4. The molecule has 1 aromatic carbocycles. The number of hydrogen-bond donors (Lipinski definition) is 0. The van der Waals surface area contributed by atoms with E-state index >= 15 is 0 Å². The van der Waals surface area contributed by atoms with Gasteiger partial charge in [0.05, 0.1) is 4.88 Å². The minimum Gasteiger partial charge on any atom is -0.484 e. The van der Waals surface area contributed by atoms with Crippen LogP contribution in [0.3, 0.4) is 0 Å². The monoisotopic (exact) mass is 398 g/mol. The number of rotatable bonds is 5. The van der Waals surface area contributed by atoms with Gasteiger partial charge in [-0.3, -0.25) is 9.59 Å². The van der Waals surface area contributed by atoms with E-state index in [0.29, 0.717) is 37.8 Å². The van der Waals surface area contributed by atoms with E-state index in [-0.39, 0.29) is 18.4 Å². The fourth-order valence-corrected chi connectivity index (χ4v) is 3.63. The smallest absolute Gasteiger partial charge is 0.264 e. The molecule has 0 atom stereocenters. The molecule has 1 aliphatic rings. The summed E-state index contributed by atoms with van der Waals surface area (Å²) in [5.41, 5.74) is 0.780. The van der Waals surface area contributed by atoms with Crippen LogP contribution in [0.5, 0.6) is 5.75 Å². The lowest BCUT2D eigenvalue weighted by atomic mass is 10.2. The van der Waals surface area contributed by atoms with Crippen LogP contribution in [0.25, 0.3) is 11.5 Å². The molecule has 0 N–H and O–H groups in total. The average molecular weight is 398 g/mol. The number of carbonyl (C=O) groups is 2. The van der Waals surface area contributed by atoms with Crippen LogP contribution in [0.15, 0.2) is 52.6 Å². The van der Waals surface area contributed by atoms with Crippen molar-refractivity contribution in [3.63, 3.8) is 0 Å². The van der Waals surface area contributed by atoms with Crippen molar-refractivity contribution >= 4 is 23.2 Å². The standard InChI is InChI=1S/C19H18N4O4S/c24-17(12-26-15-5-3-14(4-6-15)18-21-20-13-27-18)22-7-9-23(10-8-22)19(25)16-2-1-11-28-16/h1-6,11,13H,7-10,12H2. The Labute approximate surface area is 165 Å². The summed E-state index contributed by atoms with van der Waals surface area (Å²) in [7, 11) is 0. The van der Waals surface area contributed by atoms with Crippen LogP contribution in [0.2, 0.25) is 0 Å². The van der Waals surface area contributed by atoms with Crippen molar-refractivity contribution in [1.29, 1.82) is 0 Å². The number of thiophene rings is 1. The van der Waals surface area contributed by atoms with E-state index in [9.17, 15) is 9.59 Å². The molecule has 0 bridgehead atoms. The first kappa shape index (κ1) is 18.2. The van der Waals surface area contributed by atoms with Crippen LogP contribution < -0.4 is 4.74 Å². The van der Waals surface area contributed by atoms with Gasteiger partial charge in [-0.05, 0) is 35.7 Å². The van der Waals surface area contributed by atoms with Crippen LogP contribution in [0, 0.1) is 0 Å². The number of benzene rings is 1. The molecule has 9 heteroatoms. The fraction of sp³-hybridized carbons (Fsp3) is 0.263. The zero-order chi connectivity index (χ0) is 19.3. The first-order chi connectivity index (χ1) is 13.7. The van der Waals surface area contributed by atoms with Crippen molar-refractivity contribution in [2.45, 2.75) is 0 Å². The molecule has 28 heavy (non-hydrogen) atoms. The number of amides is 2. The molecule has 8 nitrogen and oxygen atoms in total. The molecule has 0 radical (unpaired) electrons. The molecule has 144 valence electrons. The second-order valence-electron chi connectivity index (χ2n) is 6.21. The summed E-state index contributed by atoms with van der Waals surface area (Å²) in [5, 5.41) is 9.37. The topological polar surface area (TPSA) is 88.8 Å². The van der Waals surface area contributed by atoms with Crippen molar-refractivity contribution < 1.29 is 18.7 Å². The lowest BCUT2D eigenvalue weighted by molar-refractivity contribution is -0.134. The Morgan fingerprint density at radius 1 is 1.07 bits per heavy atom. The third kappa shape index (κ3) is 4.04. The van der Waals surface area contributed by atoms with Gasteiger partial charge in [-0.1, -0.05) is 6.07 Å². The molecule has 1 saturated heterocycles. The van der Waals surface area contributed by atoms with Gasteiger partial charge >= 0.3 is 0 Å². The van der Waals surface area contributed by atoms with Crippen molar-refractivity contribution in [2.75, 3.05) is 32.8 Å². The molecule has 0 aliphatic carbocycles. The number of carbonyl (C=O) groups excluding carboxylic acids is 2. The SMILES string of the molecule is O=C(COc1ccc(-c2nnco2)cc1)N1CCN(C(=O)c2cccs2)CC1. The third-order valence-electron chi connectivity index (χ3n) is 4.48. The highest BCUT2D eigenvalue weighted by Gasteiger charge is 2.25. The predicted octanol–water partition coefficient (Wildman–Crippen LogP) is 2.16. The molecule has 1 aliphatic heterocycles. The summed E-state index contributed by atoms with van der Waals surface area (Å²) in [4.78, 5) is 29.0. The molecule has 2 amide bonds. The Morgan fingerprint density at radius 3 is 2.46 bits per heavy atom. The summed E-state index contributed by atoms with van der Waals surface area (Å²) in [5.74, 6) is 0.949. The maximum absolute atomic E-state index is 12.4. The summed E-state index contributed by atoms with van der Waals surface area (Å²) < 4.78 is 10.7. The summed E-state index contributed by atoms with van der Waals surface area (Å²) >= 11 is 1.43. The highest BCUT2D eigenvalue weighted by Crippen LogP contribution is 2.20. The second-order valence-corrected chi connectivity index (χ2v) is 7.15. The zero-order valence-corrected chi connectivity index (χ0v) is 15.8. The highest BCUT2D eigenvalue weighted by atomic mass is 32.1. The van der Waals surface area contributed by atoms with Gasteiger partial charge in [0.25, 0.3) is 11.8 Å². The van der Waals surface area contributed by atoms with E-state index in [1.54, 1.807) is 34.1 Å². The van der Waals surface area contributed by atoms with E-state index in [4.69, 9.17) is 9.15 Å². The van der Waals surface area contributed by atoms with E-state index in [1.807, 2.05) is 17.5 Å². The largest absolute Gasteiger partial charge is 0.484 e. The Kier molecular flexibility index (Phi) is 5.34. The maximum Gasteiger partial charge on any atom is 0.264 e. The van der Waals surface area contributed by atoms with E-state index < -0.39 is 0 Å². The van der Waals surface area contributed by atoms with Gasteiger partial charge in [-0.25, -0.2) is 0 Å². The van der Waals surface area contributed by atoms with Crippen LogP contribution in [0.1, 0.15) is 9.67 Å². The highest BCUT2D eigenvalue weighted by molar-refractivity contribution is 7.12. The van der Waals surface area contributed by atoms with Crippen molar-refractivity contribution in [1.82, 2.24) is 20.0 Å². The van der Waals surface area contributed by atoms with Crippen LogP contribution in [-0.4, -0.2) is 64.6 Å². The quantitative estimate of drug-likeness (QED) is 0.654. The minimum atomic E-state index is -0.0933. The molecule has 0 unspecified atom stereocenters. The number of hydrogen-bond acceptors (Lipinski definition) is 7. The summed E-state index contributed by atoms with van der Waals surface area (Å²) in [6, 6.07) is 10.8. The molecule has 3 aromatic rings. The minimum absolute atomic E-state index is 0.0275. The Bertz CT molecular complexity index is 918. The van der Waals surface area contributed by atoms with Gasteiger partial charge in [0, 0.05) is 31.7 Å². The zero-order valence-electron chi connectivity index (χ0n) is 15.0. The number of piperazine rings is 1. The number of aromatic nitrogens is 2.